The molecule has 1 aliphatic rings. The summed E-state index contributed by atoms with van der Waals surface area (Å²) in [6, 6.07) is 2.56. The highest BCUT2D eigenvalue weighted by molar-refractivity contribution is 5.93. The second kappa shape index (κ2) is 9.63. The van der Waals surface area contributed by atoms with Gasteiger partial charge in [0.15, 0.2) is 5.82 Å². The van der Waals surface area contributed by atoms with Gasteiger partial charge in [-0.05, 0) is 31.4 Å². The van der Waals surface area contributed by atoms with Crippen molar-refractivity contribution in [3.05, 3.63) is 60.1 Å². The molecule has 0 saturated carbocycles. The van der Waals surface area contributed by atoms with E-state index in [2.05, 4.69) is 33.6 Å². The average molecular weight is 506 g/mol. The first-order valence-corrected chi connectivity index (χ1v) is 11.8. The van der Waals surface area contributed by atoms with E-state index in [0.29, 0.717) is 37.0 Å². The number of amides is 1. The molecule has 0 spiro atoms. The summed E-state index contributed by atoms with van der Waals surface area (Å²) in [5.41, 5.74) is 6.91. The van der Waals surface area contributed by atoms with Crippen LogP contribution in [0.2, 0.25) is 0 Å². The fourth-order valence-corrected chi connectivity index (χ4v) is 4.83. The predicted octanol–water partition coefficient (Wildman–Crippen LogP) is 3.04. The number of nitrogens with two attached hydrogens (primary N) is 1. The van der Waals surface area contributed by atoms with Crippen LogP contribution in [0, 0.1) is 23.5 Å². The Morgan fingerprint density at radius 3 is 2.89 bits per heavy atom. The van der Waals surface area contributed by atoms with Crippen molar-refractivity contribution in [1.29, 1.82) is 0 Å². The molecule has 3 aromatic heterocycles. The molecule has 0 unspecified atom stereocenters. The lowest BCUT2D eigenvalue weighted by Crippen LogP contribution is -2.37. The summed E-state index contributed by atoms with van der Waals surface area (Å²) >= 11 is 0. The van der Waals surface area contributed by atoms with Gasteiger partial charge in [-0.15, -0.1) is 0 Å². The lowest BCUT2D eigenvalue weighted by Gasteiger charge is -2.22. The van der Waals surface area contributed by atoms with Gasteiger partial charge < -0.3 is 15.4 Å². The number of rotatable bonds is 5. The van der Waals surface area contributed by atoms with E-state index in [1.807, 2.05) is 6.92 Å². The van der Waals surface area contributed by atoms with Crippen LogP contribution in [0.4, 0.5) is 14.6 Å². The first-order valence-electron chi connectivity index (χ1n) is 11.8. The number of carbonyl (C=O) groups is 1. The third kappa shape index (κ3) is 4.19. The van der Waals surface area contributed by atoms with Crippen molar-refractivity contribution in [1.82, 2.24) is 29.4 Å². The van der Waals surface area contributed by atoms with Crippen molar-refractivity contribution in [3.63, 3.8) is 0 Å². The minimum atomic E-state index is -0.814. The number of pyridine rings is 1. The highest BCUT2D eigenvalue weighted by Gasteiger charge is 2.36. The molecule has 4 heterocycles. The van der Waals surface area contributed by atoms with Crippen molar-refractivity contribution in [2.75, 3.05) is 26.0 Å². The number of nitrogens with zero attached hydrogens (tertiary/aromatic N) is 6. The number of hydrogen-bond donors (Lipinski definition) is 1. The molecule has 11 heteroatoms. The molecule has 4 aromatic rings. The summed E-state index contributed by atoms with van der Waals surface area (Å²) in [5, 5.41) is 9.48. The van der Waals surface area contributed by atoms with Gasteiger partial charge in [0, 0.05) is 38.7 Å². The third-order valence-electron chi connectivity index (χ3n) is 6.58. The van der Waals surface area contributed by atoms with Crippen LogP contribution < -0.4 is 5.73 Å². The molecule has 37 heavy (non-hydrogen) atoms. The largest absolute Gasteiger partial charge is 0.383 e. The molecule has 0 radical (unpaired) electrons. The Labute approximate surface area is 211 Å². The summed E-state index contributed by atoms with van der Waals surface area (Å²) in [5.74, 6) is 3.81. The summed E-state index contributed by atoms with van der Waals surface area (Å²) in [6.07, 6.45) is 4.93. The molecule has 5 rings (SSSR count). The molecule has 1 aromatic carbocycles. The van der Waals surface area contributed by atoms with E-state index in [0.717, 1.165) is 0 Å². The van der Waals surface area contributed by atoms with E-state index in [-0.39, 0.29) is 46.0 Å². The lowest BCUT2D eigenvalue weighted by atomic mass is 10.1. The van der Waals surface area contributed by atoms with Gasteiger partial charge in [-0.2, -0.15) is 10.2 Å². The number of anilines is 1. The number of carbonyl (C=O) groups excluding carboxylic acids is 1. The number of hydrogen-bond acceptors (Lipinski definition) is 6. The van der Waals surface area contributed by atoms with Crippen LogP contribution >= 0.6 is 0 Å². The number of halogens is 2. The second-order valence-electron chi connectivity index (χ2n) is 8.79. The van der Waals surface area contributed by atoms with Gasteiger partial charge in [0.05, 0.1) is 46.1 Å². The smallest absolute Gasteiger partial charge is 0.246 e. The third-order valence-corrected chi connectivity index (χ3v) is 6.58. The summed E-state index contributed by atoms with van der Waals surface area (Å²) < 4.78 is 38.6. The van der Waals surface area contributed by atoms with Crippen molar-refractivity contribution >= 4 is 33.5 Å². The van der Waals surface area contributed by atoms with E-state index < -0.39 is 11.6 Å². The van der Waals surface area contributed by atoms with Gasteiger partial charge in [0.1, 0.15) is 17.3 Å². The summed E-state index contributed by atoms with van der Waals surface area (Å²) in [4.78, 5) is 18.3. The number of fused-ring (bicyclic) bond motifs is 2. The number of ether oxygens (including phenoxy) is 1. The highest BCUT2D eigenvalue weighted by Crippen LogP contribution is 2.33. The Bertz CT molecular complexity index is 1600. The van der Waals surface area contributed by atoms with Crippen LogP contribution in [-0.4, -0.2) is 61.7 Å². The molecule has 1 amide bonds. The van der Waals surface area contributed by atoms with Crippen molar-refractivity contribution < 1.29 is 18.3 Å². The maximum atomic E-state index is 15.2. The Morgan fingerprint density at radius 1 is 1.35 bits per heavy atom. The minimum absolute atomic E-state index is 0.160. The molecule has 2 atom stereocenters. The first-order chi connectivity index (χ1) is 17.9. The molecule has 1 aliphatic heterocycles. The van der Waals surface area contributed by atoms with Crippen molar-refractivity contribution in [2.24, 2.45) is 0 Å². The van der Waals surface area contributed by atoms with Crippen LogP contribution in [0.5, 0.6) is 0 Å². The van der Waals surface area contributed by atoms with E-state index in [1.165, 1.54) is 23.0 Å². The lowest BCUT2D eigenvalue weighted by molar-refractivity contribution is -0.127. The predicted molar refractivity (Wildman–Crippen MR) is 134 cm³/mol. The normalized spacial score (nSPS) is 17.4. The van der Waals surface area contributed by atoms with Crippen molar-refractivity contribution in [3.8, 4) is 11.8 Å². The zero-order valence-electron chi connectivity index (χ0n) is 20.4. The Morgan fingerprint density at radius 2 is 2.16 bits per heavy atom. The molecule has 2 N–H and O–H groups in total. The molecule has 1 fully saturated rings. The van der Waals surface area contributed by atoms with Crippen LogP contribution in [0.3, 0.4) is 0 Å². The number of aromatic nitrogens is 5. The standard InChI is InChI=1S/C26H25F2N7O2/c1-4-23(36)34-12-15(10-16(34)14-37-3)35-22-8-9-30-26(29)24(22)20(32-35)7-6-17-19(27)11-21-18(25(17)28)13-33(5-2)31-21/h4,8-9,11,13,15-16H,1,5,10,12,14H2,2-3H3,(H2,29,30)/t15-,16+/m0/s1. The van der Waals surface area contributed by atoms with Crippen LogP contribution in [-0.2, 0) is 16.1 Å². The topological polar surface area (TPSA) is 104 Å². The van der Waals surface area contributed by atoms with Crippen LogP contribution in [0.15, 0.2) is 37.2 Å². The van der Waals surface area contributed by atoms with Gasteiger partial charge in [0.25, 0.3) is 0 Å². The number of aryl methyl sites for hydroxylation is 1. The van der Waals surface area contributed by atoms with Crippen LogP contribution in [0.25, 0.3) is 21.8 Å². The van der Waals surface area contributed by atoms with Gasteiger partial charge in [0.2, 0.25) is 5.91 Å². The Kier molecular flexibility index (Phi) is 6.35. The molecule has 9 nitrogen and oxygen atoms in total. The van der Waals surface area contributed by atoms with Gasteiger partial charge in [-0.25, -0.2) is 13.8 Å². The SMILES string of the molecule is C=CC(=O)N1C[C@@H](n2nc(C#Cc3c(F)cc4nn(CC)cc4c3F)c3c(N)nccc32)C[C@@H]1COC. The zero-order valence-corrected chi connectivity index (χ0v) is 20.4. The second-order valence-corrected chi connectivity index (χ2v) is 8.79. The maximum Gasteiger partial charge on any atom is 0.246 e. The molecule has 0 aliphatic carbocycles. The molecular weight excluding hydrogens is 480 g/mol. The van der Waals surface area contributed by atoms with E-state index in [1.54, 1.807) is 29.0 Å². The van der Waals surface area contributed by atoms with E-state index in [4.69, 9.17) is 10.5 Å². The number of likely N-dealkylation sites (tertiary alicyclic amines) is 1. The molecule has 1 saturated heterocycles. The van der Waals surface area contributed by atoms with Gasteiger partial charge in [-0.3, -0.25) is 14.2 Å². The number of nitrogen functional groups attached to an aromatic ring is 1. The fourth-order valence-electron chi connectivity index (χ4n) is 4.83. The Hall–Kier alpha value is -4.30. The number of benzene rings is 1. The highest BCUT2D eigenvalue weighted by atomic mass is 19.1. The molecular formula is C26H25F2N7O2. The monoisotopic (exact) mass is 505 g/mol. The summed E-state index contributed by atoms with van der Waals surface area (Å²) in [6.45, 7) is 6.71. The van der Waals surface area contributed by atoms with E-state index >= 15 is 4.39 Å². The van der Waals surface area contributed by atoms with E-state index in [9.17, 15) is 9.18 Å². The average Bonchev–Trinajstić information content (AvgIpc) is 3.59. The zero-order chi connectivity index (χ0) is 26.3. The van der Waals surface area contributed by atoms with Gasteiger partial charge >= 0.3 is 0 Å². The van der Waals surface area contributed by atoms with Gasteiger partial charge in [-0.1, -0.05) is 12.5 Å². The number of methoxy groups -OCH3 is 1. The maximum absolute atomic E-state index is 15.2. The molecule has 0 bridgehead atoms. The quantitative estimate of drug-likeness (QED) is 0.330. The minimum Gasteiger partial charge on any atom is -0.383 e. The first kappa shape index (κ1) is 24.4. The fraction of sp³-hybridized carbons (Fsp3) is 0.308. The summed E-state index contributed by atoms with van der Waals surface area (Å²) in [7, 11) is 1.58. The van der Waals surface area contributed by atoms with Crippen molar-refractivity contribution in [2.45, 2.75) is 32.0 Å². The van der Waals surface area contributed by atoms with Crippen LogP contribution in [0.1, 0.15) is 30.6 Å². The Balaban J connectivity index is 1.59. The molecule has 190 valence electrons.